The second-order valence-electron chi connectivity index (χ2n) is 6.15. The van der Waals surface area contributed by atoms with Crippen LogP contribution in [-0.2, 0) is 0 Å². The molecule has 2 rings (SSSR count). The molecular formula is C17H27NO2. The first-order valence-electron chi connectivity index (χ1n) is 7.59. The lowest BCUT2D eigenvalue weighted by atomic mass is 9.86. The highest BCUT2D eigenvalue weighted by atomic mass is 16.5. The smallest absolute Gasteiger partial charge is 0.161 e. The minimum atomic E-state index is 0.443. The number of hydrogen-bond donors (Lipinski definition) is 1. The van der Waals surface area contributed by atoms with Crippen molar-refractivity contribution < 1.29 is 9.47 Å². The molecule has 2 atom stereocenters. The molecule has 1 fully saturated rings. The van der Waals surface area contributed by atoms with Crippen molar-refractivity contribution in [3.63, 3.8) is 0 Å². The highest BCUT2D eigenvalue weighted by Gasteiger charge is 2.23. The zero-order valence-corrected chi connectivity index (χ0v) is 13.1. The van der Waals surface area contributed by atoms with Crippen LogP contribution in [0.25, 0.3) is 0 Å². The molecule has 0 radical (unpaired) electrons. The summed E-state index contributed by atoms with van der Waals surface area (Å²) >= 11 is 0. The lowest BCUT2D eigenvalue weighted by Gasteiger charge is -2.31. The fraction of sp³-hybridized carbons (Fsp3) is 0.647. The molecule has 2 unspecified atom stereocenters. The Labute approximate surface area is 122 Å². The molecule has 0 saturated carbocycles. The van der Waals surface area contributed by atoms with E-state index in [1.807, 2.05) is 6.07 Å². The average Bonchev–Trinajstić information content (AvgIpc) is 2.46. The van der Waals surface area contributed by atoms with E-state index >= 15 is 0 Å². The molecular weight excluding hydrogens is 250 g/mol. The van der Waals surface area contributed by atoms with Gasteiger partial charge in [-0.1, -0.05) is 19.9 Å². The van der Waals surface area contributed by atoms with E-state index in [9.17, 15) is 0 Å². The Balaban J connectivity index is 2.00. The van der Waals surface area contributed by atoms with E-state index in [4.69, 9.17) is 9.47 Å². The molecule has 3 nitrogen and oxygen atoms in total. The van der Waals surface area contributed by atoms with Crippen LogP contribution in [0.15, 0.2) is 18.2 Å². The quantitative estimate of drug-likeness (QED) is 0.888. The summed E-state index contributed by atoms with van der Waals surface area (Å²) in [7, 11) is 3.36. The first-order valence-corrected chi connectivity index (χ1v) is 7.59. The third-order valence-electron chi connectivity index (χ3n) is 4.13. The van der Waals surface area contributed by atoms with Gasteiger partial charge in [0.05, 0.1) is 14.2 Å². The zero-order valence-electron chi connectivity index (χ0n) is 13.1. The van der Waals surface area contributed by atoms with Gasteiger partial charge in [-0.15, -0.1) is 0 Å². The van der Waals surface area contributed by atoms with Crippen molar-refractivity contribution in [1.29, 1.82) is 0 Å². The highest BCUT2D eigenvalue weighted by Crippen LogP contribution is 2.34. The van der Waals surface area contributed by atoms with Crippen LogP contribution >= 0.6 is 0 Å². The maximum atomic E-state index is 5.39. The van der Waals surface area contributed by atoms with Gasteiger partial charge < -0.3 is 14.8 Å². The van der Waals surface area contributed by atoms with Gasteiger partial charge in [0.1, 0.15) is 0 Å². The molecule has 1 aromatic carbocycles. The summed E-state index contributed by atoms with van der Waals surface area (Å²) in [6.07, 6.45) is 3.84. The van der Waals surface area contributed by atoms with Crippen LogP contribution < -0.4 is 14.8 Å². The van der Waals surface area contributed by atoms with Crippen molar-refractivity contribution >= 4 is 0 Å². The number of rotatable bonds is 5. The normalized spacial score (nSPS) is 22.9. The molecule has 112 valence electrons. The Kier molecular flexibility index (Phi) is 5.30. The minimum absolute atomic E-state index is 0.443. The van der Waals surface area contributed by atoms with Gasteiger partial charge in [-0.3, -0.25) is 0 Å². The van der Waals surface area contributed by atoms with Crippen molar-refractivity contribution in [2.24, 2.45) is 11.8 Å². The Morgan fingerprint density at radius 1 is 1.15 bits per heavy atom. The van der Waals surface area contributed by atoms with Crippen molar-refractivity contribution in [3.05, 3.63) is 23.8 Å². The van der Waals surface area contributed by atoms with Gasteiger partial charge in [-0.05, 0) is 55.3 Å². The van der Waals surface area contributed by atoms with Crippen molar-refractivity contribution in [3.8, 4) is 11.5 Å². The first-order chi connectivity index (χ1) is 9.63. The number of ether oxygens (including phenoxy) is 2. The molecule has 1 aliphatic heterocycles. The summed E-state index contributed by atoms with van der Waals surface area (Å²) in [6.45, 7) is 5.73. The molecule has 0 amide bonds. The fourth-order valence-corrected chi connectivity index (χ4v) is 3.14. The molecule has 0 bridgehead atoms. The second kappa shape index (κ2) is 6.98. The van der Waals surface area contributed by atoms with Crippen LogP contribution in [0.4, 0.5) is 0 Å². The Morgan fingerprint density at radius 2 is 1.90 bits per heavy atom. The number of nitrogens with one attached hydrogen (secondary N) is 1. The summed E-state index contributed by atoms with van der Waals surface area (Å²) < 4.78 is 10.7. The second-order valence-corrected chi connectivity index (χ2v) is 6.15. The predicted molar refractivity (Wildman–Crippen MR) is 82.5 cm³/mol. The third-order valence-corrected chi connectivity index (χ3v) is 4.13. The Hall–Kier alpha value is -1.22. The van der Waals surface area contributed by atoms with E-state index < -0.39 is 0 Å². The van der Waals surface area contributed by atoms with Crippen molar-refractivity contribution in [2.45, 2.75) is 39.2 Å². The van der Waals surface area contributed by atoms with E-state index in [1.165, 1.54) is 24.8 Å². The number of piperidine rings is 1. The van der Waals surface area contributed by atoms with Crippen LogP contribution in [0.3, 0.4) is 0 Å². The maximum absolute atomic E-state index is 5.39. The van der Waals surface area contributed by atoms with Crippen LogP contribution in [0, 0.1) is 11.8 Å². The Bertz CT molecular complexity index is 423. The summed E-state index contributed by atoms with van der Waals surface area (Å²) in [5, 5.41) is 3.68. The van der Waals surface area contributed by atoms with Gasteiger partial charge in [0.15, 0.2) is 11.5 Å². The largest absolute Gasteiger partial charge is 0.493 e. The van der Waals surface area contributed by atoms with E-state index in [2.05, 4.69) is 31.3 Å². The fourth-order valence-electron chi connectivity index (χ4n) is 3.14. The molecule has 1 aliphatic rings. The summed E-state index contributed by atoms with van der Waals surface area (Å²) in [5.74, 6) is 3.23. The molecule has 3 heteroatoms. The average molecular weight is 277 g/mol. The summed E-state index contributed by atoms with van der Waals surface area (Å²) in [6, 6.07) is 6.68. The predicted octanol–water partition coefficient (Wildman–Crippen LogP) is 3.79. The lowest BCUT2D eigenvalue weighted by Crippen LogP contribution is -2.33. The van der Waals surface area contributed by atoms with Gasteiger partial charge >= 0.3 is 0 Å². The first kappa shape index (κ1) is 15.2. The Morgan fingerprint density at radius 3 is 2.45 bits per heavy atom. The molecule has 0 aliphatic carbocycles. The van der Waals surface area contributed by atoms with E-state index in [-0.39, 0.29) is 0 Å². The SMILES string of the molecule is COc1ccc(C2CCC(CC(C)C)CN2)cc1OC. The topological polar surface area (TPSA) is 30.5 Å². The van der Waals surface area contributed by atoms with Gasteiger partial charge in [-0.2, -0.15) is 0 Å². The number of methoxy groups -OCH3 is 2. The van der Waals surface area contributed by atoms with Gasteiger partial charge in [0.25, 0.3) is 0 Å². The molecule has 0 spiro atoms. The molecule has 20 heavy (non-hydrogen) atoms. The number of benzene rings is 1. The maximum Gasteiger partial charge on any atom is 0.161 e. The van der Waals surface area contributed by atoms with Crippen LogP contribution in [0.5, 0.6) is 11.5 Å². The van der Waals surface area contributed by atoms with E-state index in [0.29, 0.717) is 6.04 Å². The van der Waals surface area contributed by atoms with Gasteiger partial charge in [0, 0.05) is 6.04 Å². The molecule has 1 N–H and O–H groups in total. The van der Waals surface area contributed by atoms with Crippen LogP contribution in [0.1, 0.15) is 44.7 Å². The number of hydrogen-bond acceptors (Lipinski definition) is 3. The molecule has 1 aromatic rings. The van der Waals surface area contributed by atoms with Gasteiger partial charge in [0.2, 0.25) is 0 Å². The van der Waals surface area contributed by atoms with E-state index in [1.54, 1.807) is 14.2 Å². The van der Waals surface area contributed by atoms with Crippen LogP contribution in [0.2, 0.25) is 0 Å². The van der Waals surface area contributed by atoms with Crippen LogP contribution in [-0.4, -0.2) is 20.8 Å². The standard InChI is InChI=1S/C17H27NO2/c1-12(2)9-13-5-7-15(18-11-13)14-6-8-16(19-3)17(10-14)20-4/h6,8,10,12-13,15,18H,5,7,9,11H2,1-4H3. The zero-order chi connectivity index (χ0) is 14.5. The highest BCUT2D eigenvalue weighted by molar-refractivity contribution is 5.43. The van der Waals surface area contributed by atoms with Crippen molar-refractivity contribution in [2.75, 3.05) is 20.8 Å². The summed E-state index contributed by atoms with van der Waals surface area (Å²) in [4.78, 5) is 0. The van der Waals surface area contributed by atoms with Gasteiger partial charge in [-0.25, -0.2) is 0 Å². The molecule has 0 aromatic heterocycles. The van der Waals surface area contributed by atoms with Crippen molar-refractivity contribution in [1.82, 2.24) is 5.32 Å². The minimum Gasteiger partial charge on any atom is -0.493 e. The summed E-state index contributed by atoms with van der Waals surface area (Å²) in [5.41, 5.74) is 1.30. The molecule has 1 heterocycles. The monoisotopic (exact) mass is 277 g/mol. The molecule has 1 saturated heterocycles. The third kappa shape index (κ3) is 3.66. The lowest BCUT2D eigenvalue weighted by molar-refractivity contribution is 0.276. The van der Waals surface area contributed by atoms with E-state index in [0.717, 1.165) is 29.9 Å².